The maximum absolute atomic E-state index is 13.8. The lowest BCUT2D eigenvalue weighted by molar-refractivity contribution is -0.125. The molecule has 0 bridgehead atoms. The van der Waals surface area contributed by atoms with Gasteiger partial charge >= 0.3 is 0 Å². The summed E-state index contributed by atoms with van der Waals surface area (Å²) in [6, 6.07) is 10.0. The lowest BCUT2D eigenvalue weighted by atomic mass is 9.69. The number of carbonyl (C=O) groups is 1. The minimum Gasteiger partial charge on any atom is -0.355 e. The van der Waals surface area contributed by atoms with Crippen molar-refractivity contribution in [2.45, 2.75) is 63.2 Å². The van der Waals surface area contributed by atoms with Crippen LogP contribution >= 0.6 is 0 Å². The van der Waals surface area contributed by atoms with Crippen molar-refractivity contribution in [3.8, 4) is 11.1 Å². The van der Waals surface area contributed by atoms with Crippen LogP contribution in [0.15, 0.2) is 34.9 Å². The van der Waals surface area contributed by atoms with Crippen LogP contribution in [0.5, 0.6) is 0 Å². The second-order valence-electron chi connectivity index (χ2n) is 9.56. The molecule has 0 atom stereocenters. The zero-order chi connectivity index (χ0) is 21.4. The van der Waals surface area contributed by atoms with Crippen molar-refractivity contribution < 1.29 is 18.1 Å². The van der Waals surface area contributed by atoms with E-state index in [1.807, 2.05) is 25.1 Å². The fourth-order valence-corrected chi connectivity index (χ4v) is 5.38. The van der Waals surface area contributed by atoms with E-state index in [0.29, 0.717) is 5.92 Å². The van der Waals surface area contributed by atoms with Crippen molar-refractivity contribution in [1.29, 1.82) is 0 Å². The van der Waals surface area contributed by atoms with Crippen molar-refractivity contribution >= 4 is 22.6 Å². The van der Waals surface area contributed by atoms with Crippen LogP contribution in [0.4, 0.5) is 14.5 Å². The van der Waals surface area contributed by atoms with Crippen LogP contribution in [-0.2, 0) is 16.6 Å². The Morgan fingerprint density at radius 3 is 2.65 bits per heavy atom. The molecule has 4 nitrogen and oxygen atoms in total. The third-order valence-corrected chi connectivity index (χ3v) is 7.44. The van der Waals surface area contributed by atoms with Gasteiger partial charge in [0.25, 0.3) is 0 Å². The standard InChI is InChI=1S/C25H24F2N2O2/c1-14-2-6-17-19(12-15-3-4-15)29-31-22(17)21(14)16-5-7-18-20(13-16)28-23(30)24(18)8-10-25(26,27)11-9-24/h2,5-7,13,15H,3-4,8-12H2,1H3,(H,28,30). The van der Waals surface area contributed by atoms with E-state index in [0.717, 1.165) is 51.0 Å². The van der Waals surface area contributed by atoms with E-state index in [1.54, 1.807) is 0 Å². The van der Waals surface area contributed by atoms with E-state index < -0.39 is 11.3 Å². The summed E-state index contributed by atoms with van der Waals surface area (Å²) >= 11 is 0. The van der Waals surface area contributed by atoms with E-state index in [1.165, 1.54) is 12.8 Å². The van der Waals surface area contributed by atoms with Crippen molar-refractivity contribution in [3.63, 3.8) is 0 Å². The zero-order valence-corrected chi connectivity index (χ0v) is 17.4. The Kier molecular flexibility index (Phi) is 3.90. The van der Waals surface area contributed by atoms with Crippen LogP contribution in [0.3, 0.4) is 0 Å². The first-order valence-electron chi connectivity index (χ1n) is 11.1. The molecular formula is C25H24F2N2O2. The Balaban J connectivity index is 1.42. The number of carbonyl (C=O) groups excluding carboxylic acids is 1. The number of hydrogen-bond donors (Lipinski definition) is 1. The highest BCUT2D eigenvalue weighted by Crippen LogP contribution is 2.52. The summed E-state index contributed by atoms with van der Waals surface area (Å²) in [5.74, 6) is -2.12. The fraction of sp³-hybridized carbons (Fsp3) is 0.440. The molecule has 1 amide bonds. The maximum atomic E-state index is 13.8. The number of nitrogens with zero attached hydrogens (tertiary/aromatic N) is 1. The second-order valence-corrected chi connectivity index (χ2v) is 9.56. The molecule has 1 aliphatic heterocycles. The summed E-state index contributed by atoms with van der Waals surface area (Å²) in [7, 11) is 0. The average Bonchev–Trinajstić information content (AvgIpc) is 3.40. The molecule has 6 rings (SSSR count). The Labute approximate surface area is 179 Å². The number of halogens is 2. The molecule has 0 saturated heterocycles. The molecule has 3 aliphatic rings. The van der Waals surface area contributed by atoms with Gasteiger partial charge in [-0.15, -0.1) is 0 Å². The first-order valence-corrected chi connectivity index (χ1v) is 11.1. The Bertz CT molecular complexity index is 1220. The number of amides is 1. The van der Waals surface area contributed by atoms with E-state index >= 15 is 0 Å². The van der Waals surface area contributed by atoms with Crippen LogP contribution in [0.1, 0.15) is 55.3 Å². The predicted molar refractivity (Wildman–Crippen MR) is 114 cm³/mol. The van der Waals surface area contributed by atoms with Gasteiger partial charge in [-0.3, -0.25) is 4.79 Å². The number of aromatic nitrogens is 1. The number of benzene rings is 2. The van der Waals surface area contributed by atoms with Crippen LogP contribution in [-0.4, -0.2) is 17.0 Å². The monoisotopic (exact) mass is 422 g/mol. The number of fused-ring (bicyclic) bond motifs is 3. The molecule has 1 spiro atoms. The van der Waals surface area contributed by atoms with E-state index in [-0.39, 0.29) is 31.6 Å². The highest BCUT2D eigenvalue weighted by Gasteiger charge is 2.52. The molecule has 1 N–H and O–H groups in total. The molecule has 0 unspecified atom stereocenters. The molecule has 1 aromatic heterocycles. The molecule has 2 heterocycles. The summed E-state index contributed by atoms with van der Waals surface area (Å²) in [4.78, 5) is 12.9. The van der Waals surface area contributed by atoms with Gasteiger partial charge in [-0.25, -0.2) is 8.78 Å². The normalized spacial score (nSPS) is 21.5. The predicted octanol–water partition coefficient (Wildman–Crippen LogP) is 6.15. The number of aryl methyl sites for hydroxylation is 1. The van der Waals surface area contributed by atoms with Gasteiger partial charge in [0.2, 0.25) is 11.8 Å². The van der Waals surface area contributed by atoms with Crippen molar-refractivity contribution in [2.24, 2.45) is 5.92 Å². The smallest absolute Gasteiger partial charge is 0.248 e. The van der Waals surface area contributed by atoms with Gasteiger partial charge in [-0.1, -0.05) is 23.4 Å². The van der Waals surface area contributed by atoms with Gasteiger partial charge in [0.1, 0.15) is 0 Å². The van der Waals surface area contributed by atoms with Crippen LogP contribution < -0.4 is 5.32 Å². The zero-order valence-electron chi connectivity index (χ0n) is 17.4. The molecule has 2 aromatic carbocycles. The molecule has 160 valence electrons. The summed E-state index contributed by atoms with van der Waals surface area (Å²) in [6.07, 6.45) is 3.32. The third kappa shape index (κ3) is 2.91. The van der Waals surface area contributed by atoms with E-state index in [9.17, 15) is 13.6 Å². The first-order chi connectivity index (χ1) is 14.9. The van der Waals surface area contributed by atoms with Gasteiger partial charge in [0.15, 0.2) is 5.58 Å². The minimum atomic E-state index is -2.68. The second kappa shape index (κ2) is 6.38. The van der Waals surface area contributed by atoms with Crippen LogP contribution in [0.25, 0.3) is 22.1 Å². The van der Waals surface area contributed by atoms with Crippen molar-refractivity contribution in [2.75, 3.05) is 5.32 Å². The first kappa shape index (κ1) is 19.0. The van der Waals surface area contributed by atoms with Crippen LogP contribution in [0.2, 0.25) is 0 Å². The number of anilines is 1. The van der Waals surface area contributed by atoms with E-state index in [2.05, 4.69) is 22.6 Å². The summed E-state index contributed by atoms with van der Waals surface area (Å²) in [6.45, 7) is 2.04. The molecule has 31 heavy (non-hydrogen) atoms. The van der Waals surface area contributed by atoms with Gasteiger partial charge < -0.3 is 9.84 Å². The summed E-state index contributed by atoms with van der Waals surface area (Å²) in [5, 5.41) is 8.37. The third-order valence-electron chi connectivity index (χ3n) is 7.44. The number of rotatable bonds is 3. The average molecular weight is 422 g/mol. The van der Waals surface area contributed by atoms with E-state index in [4.69, 9.17) is 4.52 Å². The Morgan fingerprint density at radius 2 is 1.90 bits per heavy atom. The lowest BCUT2D eigenvalue weighted by Crippen LogP contribution is -2.41. The highest BCUT2D eigenvalue weighted by atomic mass is 19.3. The van der Waals surface area contributed by atoms with Crippen LogP contribution in [0, 0.1) is 12.8 Å². The molecule has 2 fully saturated rings. The van der Waals surface area contributed by atoms with Gasteiger partial charge in [-0.2, -0.15) is 0 Å². The lowest BCUT2D eigenvalue weighted by Gasteiger charge is -2.35. The molecule has 2 saturated carbocycles. The molecule has 2 aliphatic carbocycles. The number of alkyl halides is 2. The number of nitrogens with one attached hydrogen (secondary N) is 1. The van der Waals surface area contributed by atoms with Crippen molar-refractivity contribution in [3.05, 3.63) is 47.2 Å². The fourth-order valence-electron chi connectivity index (χ4n) is 5.38. The SMILES string of the molecule is Cc1ccc2c(CC3CC3)noc2c1-c1ccc2c(c1)NC(=O)C21CCC(F)(F)CC1. The quantitative estimate of drug-likeness (QED) is 0.550. The van der Waals surface area contributed by atoms with Crippen molar-refractivity contribution in [1.82, 2.24) is 5.16 Å². The maximum Gasteiger partial charge on any atom is 0.248 e. The van der Waals surface area contributed by atoms with Gasteiger partial charge in [0, 0.05) is 29.5 Å². The molecule has 6 heteroatoms. The molecular weight excluding hydrogens is 398 g/mol. The largest absolute Gasteiger partial charge is 0.355 e. The van der Waals surface area contributed by atoms with Gasteiger partial charge in [-0.05, 0) is 73.8 Å². The highest BCUT2D eigenvalue weighted by molar-refractivity contribution is 6.07. The molecule has 0 radical (unpaired) electrons. The summed E-state index contributed by atoms with van der Waals surface area (Å²) in [5.41, 5.74) is 5.49. The Hall–Kier alpha value is -2.76. The summed E-state index contributed by atoms with van der Waals surface area (Å²) < 4.78 is 33.3. The topological polar surface area (TPSA) is 55.1 Å². The molecule has 3 aromatic rings. The Morgan fingerprint density at radius 1 is 1.13 bits per heavy atom. The van der Waals surface area contributed by atoms with Gasteiger partial charge in [0.05, 0.1) is 11.1 Å². The minimum absolute atomic E-state index is 0.156. The number of hydrogen-bond acceptors (Lipinski definition) is 3.